The van der Waals surface area contributed by atoms with Gasteiger partial charge in [0.15, 0.2) is 46.0 Å². The molecule has 21 rings (SSSR count). The Bertz CT molecular complexity index is 4860. The molecule has 10 bridgehead atoms. The third-order valence-corrected chi connectivity index (χ3v) is 33.4. The van der Waals surface area contributed by atoms with Gasteiger partial charge in [0, 0.05) is 47.9 Å². The number of fused-ring (bicyclic) bond motifs is 12. The molecule has 5 unspecified atom stereocenters. The van der Waals surface area contributed by atoms with Gasteiger partial charge in [-0.3, -0.25) is 0 Å². The number of allylic oxidation sites excluding steroid dienone is 4. The highest BCUT2D eigenvalue weighted by Crippen LogP contribution is 2.61. The minimum Gasteiger partial charge on any atom is -0.451 e. The minimum atomic E-state index is -1.04. The van der Waals surface area contributed by atoms with Crippen molar-refractivity contribution >= 4 is 95.3 Å². The third-order valence-electron chi connectivity index (χ3n) is 23.5. The van der Waals surface area contributed by atoms with Crippen molar-refractivity contribution in [2.45, 2.75) is 63.7 Å². The van der Waals surface area contributed by atoms with Crippen molar-refractivity contribution in [3.8, 4) is 68.2 Å². The molecule has 12 heteroatoms. The molecule has 532 valence electrons. The van der Waals surface area contributed by atoms with Crippen LogP contribution in [0.2, 0.25) is 0 Å². The topological polar surface area (TPSA) is 73.8 Å². The van der Waals surface area contributed by atoms with Gasteiger partial charge in [-0.25, -0.2) is 0 Å². The van der Waals surface area contributed by atoms with Crippen molar-refractivity contribution < 1.29 is 37.9 Å². The third kappa shape index (κ3) is 12.1. The molecule has 0 saturated heterocycles. The highest BCUT2D eigenvalue weighted by atomic mass is 31.1. The van der Waals surface area contributed by atoms with E-state index in [9.17, 15) is 0 Å². The molecule has 8 nitrogen and oxygen atoms in total. The Labute approximate surface area is 637 Å². The van der Waals surface area contributed by atoms with E-state index in [-0.39, 0.29) is 24.4 Å². The Morgan fingerprint density at radius 2 is 0.444 bits per heavy atom. The highest BCUT2D eigenvalue weighted by molar-refractivity contribution is 7.81. The fourth-order valence-corrected chi connectivity index (χ4v) is 28.6. The molecule has 0 N–H and O–H groups in total. The molecule has 108 heavy (non-hydrogen) atoms. The molecule has 0 aromatic heterocycles. The Morgan fingerprint density at radius 3 is 0.657 bits per heavy atom. The molecule has 12 aromatic rings. The summed E-state index contributed by atoms with van der Waals surface area (Å²) in [5, 5.41) is 15.0. The SMILES string of the molecule is C1=C[C@H]2C[C@@H]1C1C[C@@H]3Oc4ccc(P(c5ccccc5)c5ccccc5)c(c4O3)-c3c(P(c4ccccc4)c4ccccc4)ccc4c3O[C@@H](CC12)O4.C=CC1C[C@@H](C=C)C2C[C@H]3Oc4ccc(P(c5ccccc5)c5ccccc5)c(c4O3)-c3c(P(c4ccccc4)c4ccccc4)ccc4c3O[C@H](CC12)O4. The van der Waals surface area contributed by atoms with Gasteiger partial charge in [-0.2, -0.15) is 0 Å². The Morgan fingerprint density at radius 1 is 0.231 bits per heavy atom. The van der Waals surface area contributed by atoms with Gasteiger partial charge in [-0.15, -0.1) is 13.2 Å². The lowest BCUT2D eigenvalue weighted by atomic mass is 9.79. The average Bonchev–Trinajstić information content (AvgIpc) is 1.37. The molecular formula is C96H80O8P4. The van der Waals surface area contributed by atoms with Crippen molar-refractivity contribution in [1.82, 2.24) is 0 Å². The summed E-state index contributed by atoms with van der Waals surface area (Å²) < 4.78 is 56.1. The maximum atomic E-state index is 7.19. The molecule has 9 aliphatic rings. The Hall–Kier alpha value is -10.0. The second-order valence-electron chi connectivity index (χ2n) is 29.4. The first-order valence-corrected chi connectivity index (χ1v) is 43.4. The van der Waals surface area contributed by atoms with E-state index in [1.54, 1.807) is 0 Å². The van der Waals surface area contributed by atoms with E-state index in [0.717, 1.165) is 100 Å². The van der Waals surface area contributed by atoms with Crippen LogP contribution in [0.3, 0.4) is 0 Å². The number of benzene rings is 12. The van der Waals surface area contributed by atoms with Crippen LogP contribution in [0.1, 0.15) is 38.5 Å². The summed E-state index contributed by atoms with van der Waals surface area (Å²) >= 11 is 0. The zero-order valence-corrected chi connectivity index (χ0v) is 63.2. The van der Waals surface area contributed by atoms with Crippen molar-refractivity contribution in [1.29, 1.82) is 0 Å². The van der Waals surface area contributed by atoms with Gasteiger partial charge in [0.1, 0.15) is 0 Å². The van der Waals surface area contributed by atoms with Crippen LogP contribution in [0.25, 0.3) is 22.3 Å². The van der Waals surface area contributed by atoms with Crippen LogP contribution >= 0.6 is 31.7 Å². The summed E-state index contributed by atoms with van der Waals surface area (Å²) in [6, 6.07) is 105. The molecule has 2 fully saturated rings. The van der Waals surface area contributed by atoms with Gasteiger partial charge in [0.25, 0.3) is 0 Å². The molecule has 12 atom stereocenters. The maximum Gasteiger partial charge on any atom is 0.241 e. The van der Waals surface area contributed by atoms with Crippen LogP contribution in [-0.2, 0) is 0 Å². The summed E-state index contributed by atoms with van der Waals surface area (Å²) in [7, 11) is -4.10. The second-order valence-corrected chi connectivity index (χ2v) is 38.2. The molecule has 2 saturated carbocycles. The van der Waals surface area contributed by atoms with E-state index in [2.05, 4.69) is 329 Å². The monoisotopic (exact) mass is 1480 g/mol. The van der Waals surface area contributed by atoms with Crippen molar-refractivity contribution in [2.75, 3.05) is 0 Å². The Kier molecular flexibility index (Phi) is 18.0. The summed E-state index contributed by atoms with van der Waals surface area (Å²) in [4.78, 5) is 0. The molecular weight excluding hydrogens is 1400 g/mol. The average molecular weight is 1490 g/mol. The molecule has 0 amide bonds. The van der Waals surface area contributed by atoms with Crippen LogP contribution in [0.15, 0.2) is 329 Å². The van der Waals surface area contributed by atoms with Crippen LogP contribution < -0.4 is 102 Å². The zero-order chi connectivity index (χ0) is 71.8. The van der Waals surface area contributed by atoms with Gasteiger partial charge in [0.2, 0.25) is 25.2 Å². The van der Waals surface area contributed by atoms with E-state index in [1.807, 2.05) is 0 Å². The van der Waals surface area contributed by atoms with Gasteiger partial charge < -0.3 is 37.9 Å². The lowest BCUT2D eigenvalue weighted by molar-refractivity contribution is -0.00992. The maximum absolute atomic E-state index is 7.19. The molecule has 0 spiro atoms. The minimum absolute atomic E-state index is 0.280. The van der Waals surface area contributed by atoms with Crippen LogP contribution in [-0.4, -0.2) is 25.2 Å². The summed E-state index contributed by atoms with van der Waals surface area (Å²) in [5.74, 6) is 9.53. The number of hydrogen-bond donors (Lipinski definition) is 0. The van der Waals surface area contributed by atoms with Crippen molar-refractivity contribution in [2.24, 2.45) is 47.3 Å². The predicted molar refractivity (Wildman–Crippen MR) is 444 cm³/mol. The summed E-state index contributed by atoms with van der Waals surface area (Å²) in [6.07, 6.45) is 12.9. The van der Waals surface area contributed by atoms with Gasteiger partial charge in [-0.1, -0.05) is 267 Å². The van der Waals surface area contributed by atoms with Crippen molar-refractivity contribution in [3.05, 3.63) is 329 Å². The second kappa shape index (κ2) is 28.8. The number of ether oxygens (including phenoxy) is 8. The van der Waals surface area contributed by atoms with Crippen molar-refractivity contribution in [3.63, 3.8) is 0 Å². The van der Waals surface area contributed by atoms with E-state index >= 15 is 0 Å². The molecule has 6 heterocycles. The molecule has 6 aliphatic heterocycles. The molecule has 3 aliphatic carbocycles. The first kappa shape index (κ1) is 67.3. The highest BCUT2D eigenvalue weighted by Gasteiger charge is 2.52. The van der Waals surface area contributed by atoms with Crippen LogP contribution in [0.5, 0.6) is 46.0 Å². The fraction of sp³-hybridized carbons (Fsp3) is 0.188. The zero-order valence-electron chi connectivity index (χ0n) is 59.7. The molecule has 12 aromatic carbocycles. The van der Waals surface area contributed by atoms with Gasteiger partial charge in [-0.05, 0) is 204 Å². The fourth-order valence-electron chi connectivity index (χ4n) is 18.8. The van der Waals surface area contributed by atoms with E-state index < -0.39 is 44.3 Å². The number of hydrogen-bond acceptors (Lipinski definition) is 8. The summed E-state index contributed by atoms with van der Waals surface area (Å²) in [6.45, 7) is 8.54. The summed E-state index contributed by atoms with van der Waals surface area (Å²) in [5.41, 5.74) is 4.18. The Balaban J connectivity index is 0.000000142. The molecule has 0 radical (unpaired) electrons. The van der Waals surface area contributed by atoms with Gasteiger partial charge >= 0.3 is 0 Å². The normalized spacial score (nSPS) is 23.6. The van der Waals surface area contributed by atoms with E-state index in [0.29, 0.717) is 35.5 Å². The number of rotatable bonds is 14. The standard InChI is InChI=1S/C49H42O4P2.C47H38O4P2/c1-3-32-29-33(4-2)39-31-45-51-41-26-28-43(55(36-21-13-7-14-22-36)37-23-15-8-16-24-37)47(49(41)53-45)46-42(27-25-40-48(46)52-44(50-40)30-38(32)39)54(34-17-9-5-10-18-34)35-19-11-6-12-20-35;1-5-13-32(14-6-1)52(33-15-7-2-8-16-33)40-25-23-38-46-44(40)45-41(53(34-17-9-3-10-18-34)35-19-11-4-12-20-35)26-24-39-47(45)51-43(49-39)29-37-31-22-21-30(27-31)36(37)28-42(48-38)50-46/h3-28,32-33,38-39,44-45H,1-2,29-31H2;1-26,30-31,36-37,42-43H,27-29H2/t32-,33?,38?,39?,44+,45-;30-,31+,36?,37?,42-,43+/m1./s1. The largest absolute Gasteiger partial charge is 0.451 e. The van der Waals surface area contributed by atoms with E-state index in [4.69, 9.17) is 37.9 Å². The van der Waals surface area contributed by atoms with Gasteiger partial charge in [0.05, 0.1) is 0 Å². The van der Waals surface area contributed by atoms with E-state index in [1.165, 1.54) is 70.1 Å². The predicted octanol–water partition coefficient (Wildman–Crippen LogP) is 17.4. The lowest BCUT2D eigenvalue weighted by Gasteiger charge is -2.31. The first-order valence-electron chi connectivity index (χ1n) is 38.0. The van der Waals surface area contributed by atoms with Crippen LogP contribution in [0, 0.1) is 47.3 Å². The first-order chi connectivity index (χ1) is 53.4. The quantitative estimate of drug-likeness (QED) is 0.0788. The lowest BCUT2D eigenvalue weighted by Crippen LogP contribution is -2.33. The smallest absolute Gasteiger partial charge is 0.241 e. The van der Waals surface area contributed by atoms with Crippen LogP contribution in [0.4, 0.5) is 0 Å².